The fourth-order valence-corrected chi connectivity index (χ4v) is 4.46. The Labute approximate surface area is 165 Å². The molecule has 4 rings (SSSR count). The van der Waals surface area contributed by atoms with Crippen LogP contribution in [0.1, 0.15) is 25.0 Å². The molecule has 28 heavy (non-hydrogen) atoms. The molecule has 3 heterocycles. The van der Waals surface area contributed by atoms with Gasteiger partial charge in [-0.1, -0.05) is 0 Å². The van der Waals surface area contributed by atoms with E-state index in [1.165, 1.54) is 17.8 Å². The maximum absolute atomic E-state index is 13.5. The van der Waals surface area contributed by atoms with Crippen LogP contribution in [0.25, 0.3) is 0 Å². The third-order valence-corrected chi connectivity index (χ3v) is 6.03. The van der Waals surface area contributed by atoms with Crippen LogP contribution in [0, 0.1) is 18.6 Å². The molecule has 2 saturated heterocycles. The molecule has 0 spiro atoms. The van der Waals surface area contributed by atoms with Gasteiger partial charge in [0, 0.05) is 74.6 Å². The summed E-state index contributed by atoms with van der Waals surface area (Å²) in [5.74, 6) is -1.55. The third kappa shape index (κ3) is 4.27. The van der Waals surface area contributed by atoms with E-state index < -0.39 is 11.6 Å². The lowest BCUT2D eigenvalue weighted by molar-refractivity contribution is 0.180. The summed E-state index contributed by atoms with van der Waals surface area (Å²) >= 11 is 0. The van der Waals surface area contributed by atoms with Crippen molar-refractivity contribution in [1.29, 1.82) is 0 Å². The standard InChI is InChI=1S/C22H28F2N4/c1-17-15-20(5-8-25-17)27-10-2-9-26(13-14-27)18-6-11-28(12-7-18)19-3-4-21(23)22(24)16-19/h3-5,8,15-16,18H,2,6-7,9-14H2,1H3. The maximum Gasteiger partial charge on any atom is 0.160 e. The number of rotatable bonds is 3. The zero-order valence-electron chi connectivity index (χ0n) is 16.5. The Balaban J connectivity index is 1.33. The zero-order valence-corrected chi connectivity index (χ0v) is 16.5. The lowest BCUT2D eigenvalue weighted by Gasteiger charge is -2.39. The Kier molecular flexibility index (Phi) is 5.76. The van der Waals surface area contributed by atoms with E-state index in [4.69, 9.17) is 0 Å². The average Bonchev–Trinajstić information content (AvgIpc) is 2.97. The minimum absolute atomic E-state index is 0.570. The van der Waals surface area contributed by atoms with Gasteiger partial charge in [-0.15, -0.1) is 0 Å². The van der Waals surface area contributed by atoms with Gasteiger partial charge in [0.05, 0.1) is 0 Å². The van der Waals surface area contributed by atoms with Gasteiger partial charge in [-0.3, -0.25) is 9.88 Å². The summed E-state index contributed by atoms with van der Waals surface area (Å²) in [5.41, 5.74) is 3.11. The number of anilines is 2. The van der Waals surface area contributed by atoms with Crippen molar-refractivity contribution in [3.63, 3.8) is 0 Å². The molecule has 150 valence electrons. The molecule has 2 aromatic rings. The maximum atomic E-state index is 13.5. The van der Waals surface area contributed by atoms with Gasteiger partial charge >= 0.3 is 0 Å². The molecule has 0 aliphatic carbocycles. The number of hydrogen-bond acceptors (Lipinski definition) is 4. The molecule has 0 amide bonds. The minimum atomic E-state index is -0.780. The molecular weight excluding hydrogens is 358 g/mol. The Morgan fingerprint density at radius 2 is 1.57 bits per heavy atom. The second kappa shape index (κ2) is 8.43. The molecular formula is C22H28F2N4. The van der Waals surface area contributed by atoms with Gasteiger partial charge in [0.25, 0.3) is 0 Å². The van der Waals surface area contributed by atoms with E-state index in [1.807, 2.05) is 13.1 Å². The highest BCUT2D eigenvalue weighted by molar-refractivity contribution is 5.47. The van der Waals surface area contributed by atoms with Gasteiger partial charge in [-0.2, -0.15) is 0 Å². The Bertz CT molecular complexity index is 805. The van der Waals surface area contributed by atoms with E-state index >= 15 is 0 Å². The Morgan fingerprint density at radius 1 is 0.821 bits per heavy atom. The van der Waals surface area contributed by atoms with Crippen LogP contribution in [0.2, 0.25) is 0 Å². The van der Waals surface area contributed by atoms with E-state index in [9.17, 15) is 8.78 Å². The Morgan fingerprint density at radius 3 is 2.32 bits per heavy atom. The third-order valence-electron chi connectivity index (χ3n) is 6.03. The second-order valence-corrected chi connectivity index (χ2v) is 7.85. The van der Waals surface area contributed by atoms with Crippen LogP contribution in [0.15, 0.2) is 36.5 Å². The molecule has 2 aliphatic rings. The molecule has 6 heteroatoms. The number of pyridine rings is 1. The number of nitrogens with zero attached hydrogens (tertiary/aromatic N) is 4. The van der Waals surface area contributed by atoms with Gasteiger partial charge in [0.1, 0.15) is 0 Å². The average molecular weight is 386 g/mol. The number of aromatic nitrogens is 1. The van der Waals surface area contributed by atoms with Crippen molar-refractivity contribution < 1.29 is 8.78 Å². The highest BCUT2D eigenvalue weighted by atomic mass is 19.2. The molecule has 0 atom stereocenters. The summed E-state index contributed by atoms with van der Waals surface area (Å²) in [6.07, 6.45) is 5.17. The van der Waals surface area contributed by atoms with Crippen LogP contribution in [0.5, 0.6) is 0 Å². The molecule has 0 radical (unpaired) electrons. The van der Waals surface area contributed by atoms with E-state index in [0.29, 0.717) is 6.04 Å². The fraction of sp³-hybridized carbons (Fsp3) is 0.500. The first-order chi connectivity index (χ1) is 13.6. The molecule has 2 fully saturated rings. The fourth-order valence-electron chi connectivity index (χ4n) is 4.46. The molecule has 1 aromatic carbocycles. The summed E-state index contributed by atoms with van der Waals surface area (Å²) in [6, 6.07) is 9.05. The van der Waals surface area contributed by atoms with Crippen molar-refractivity contribution in [2.45, 2.75) is 32.2 Å². The van der Waals surface area contributed by atoms with Crippen LogP contribution in [-0.2, 0) is 0 Å². The van der Waals surface area contributed by atoms with Crippen molar-refractivity contribution in [2.24, 2.45) is 0 Å². The summed E-state index contributed by atoms with van der Waals surface area (Å²) in [6.45, 7) is 8.11. The molecule has 4 nitrogen and oxygen atoms in total. The lowest BCUT2D eigenvalue weighted by atomic mass is 10.0. The van der Waals surface area contributed by atoms with E-state index in [-0.39, 0.29) is 0 Å². The summed E-state index contributed by atoms with van der Waals surface area (Å²) in [4.78, 5) is 11.6. The van der Waals surface area contributed by atoms with E-state index in [0.717, 1.165) is 69.9 Å². The summed E-state index contributed by atoms with van der Waals surface area (Å²) < 4.78 is 26.7. The van der Waals surface area contributed by atoms with Crippen LogP contribution in [0.3, 0.4) is 0 Å². The highest BCUT2D eigenvalue weighted by Gasteiger charge is 2.27. The summed E-state index contributed by atoms with van der Waals surface area (Å²) in [5, 5.41) is 0. The lowest BCUT2D eigenvalue weighted by Crippen LogP contribution is -2.46. The number of halogens is 2. The number of piperidine rings is 1. The monoisotopic (exact) mass is 386 g/mol. The van der Waals surface area contributed by atoms with Crippen molar-refractivity contribution in [3.05, 3.63) is 53.9 Å². The highest BCUT2D eigenvalue weighted by Crippen LogP contribution is 2.25. The van der Waals surface area contributed by atoms with E-state index in [2.05, 4.69) is 31.8 Å². The SMILES string of the molecule is Cc1cc(N2CCCN(C3CCN(c4ccc(F)c(F)c4)CC3)CC2)ccn1. The largest absolute Gasteiger partial charge is 0.371 e. The number of benzene rings is 1. The van der Waals surface area contributed by atoms with Crippen molar-refractivity contribution in [3.8, 4) is 0 Å². The summed E-state index contributed by atoms with van der Waals surface area (Å²) in [7, 11) is 0. The normalized spacial score (nSPS) is 19.7. The zero-order chi connectivity index (χ0) is 19.5. The first-order valence-corrected chi connectivity index (χ1v) is 10.2. The van der Waals surface area contributed by atoms with Crippen molar-refractivity contribution in [1.82, 2.24) is 9.88 Å². The van der Waals surface area contributed by atoms with Gasteiger partial charge in [-0.05, 0) is 50.5 Å². The predicted molar refractivity (Wildman–Crippen MR) is 109 cm³/mol. The molecule has 0 unspecified atom stereocenters. The first kappa shape index (κ1) is 19.1. The van der Waals surface area contributed by atoms with Crippen LogP contribution >= 0.6 is 0 Å². The molecule has 0 saturated carbocycles. The Hall–Kier alpha value is -2.21. The molecule has 2 aliphatic heterocycles. The quantitative estimate of drug-likeness (QED) is 0.799. The van der Waals surface area contributed by atoms with Crippen LogP contribution in [-0.4, -0.2) is 55.2 Å². The first-order valence-electron chi connectivity index (χ1n) is 10.2. The second-order valence-electron chi connectivity index (χ2n) is 7.85. The molecule has 0 bridgehead atoms. The topological polar surface area (TPSA) is 22.6 Å². The number of hydrogen-bond donors (Lipinski definition) is 0. The van der Waals surface area contributed by atoms with Crippen molar-refractivity contribution in [2.75, 3.05) is 49.1 Å². The van der Waals surface area contributed by atoms with Crippen LogP contribution < -0.4 is 9.80 Å². The predicted octanol–water partition coefficient (Wildman–Crippen LogP) is 3.85. The molecule has 0 N–H and O–H groups in total. The molecule has 1 aromatic heterocycles. The van der Waals surface area contributed by atoms with Gasteiger partial charge < -0.3 is 9.80 Å². The van der Waals surface area contributed by atoms with Gasteiger partial charge in [0.15, 0.2) is 11.6 Å². The van der Waals surface area contributed by atoms with Crippen molar-refractivity contribution >= 4 is 11.4 Å². The minimum Gasteiger partial charge on any atom is -0.371 e. The van der Waals surface area contributed by atoms with E-state index in [1.54, 1.807) is 6.07 Å². The van der Waals surface area contributed by atoms with Gasteiger partial charge in [-0.25, -0.2) is 8.78 Å². The number of aryl methyl sites for hydroxylation is 1. The smallest absolute Gasteiger partial charge is 0.160 e. The van der Waals surface area contributed by atoms with Crippen LogP contribution in [0.4, 0.5) is 20.2 Å². The van der Waals surface area contributed by atoms with Gasteiger partial charge in [0.2, 0.25) is 0 Å².